The van der Waals surface area contributed by atoms with Crippen molar-refractivity contribution in [2.45, 2.75) is 6.16 Å². The van der Waals surface area contributed by atoms with Gasteiger partial charge in [-0.2, -0.15) is 0 Å². The van der Waals surface area contributed by atoms with Crippen LogP contribution in [0.25, 0.3) is 6.08 Å². The summed E-state index contributed by atoms with van der Waals surface area (Å²) in [6.07, 6.45) is 3.32. The summed E-state index contributed by atoms with van der Waals surface area (Å²) in [4.78, 5) is 0. The predicted octanol–water partition coefficient (Wildman–Crippen LogP) is 6.53. The molecular weight excluding hydrogens is 355 g/mol. The SMILES string of the molecule is C(=C[P+](Cc1ccccc1)(c1ccccc1)c1ccccc1)c1ccccc1. The zero-order chi connectivity index (χ0) is 19.1. The normalized spacial score (nSPS) is 11.6. The molecule has 136 valence electrons. The second-order valence-electron chi connectivity index (χ2n) is 6.91. The molecule has 0 unspecified atom stereocenters. The quantitative estimate of drug-likeness (QED) is 0.334. The van der Waals surface area contributed by atoms with Crippen LogP contribution >= 0.6 is 7.26 Å². The van der Waals surface area contributed by atoms with Crippen LogP contribution in [0, 0.1) is 0 Å². The fourth-order valence-corrected chi connectivity index (χ4v) is 7.33. The highest BCUT2D eigenvalue weighted by Crippen LogP contribution is 2.61. The van der Waals surface area contributed by atoms with Crippen molar-refractivity contribution >= 4 is 23.9 Å². The summed E-state index contributed by atoms with van der Waals surface area (Å²) in [7, 11) is -1.77. The van der Waals surface area contributed by atoms with Crippen LogP contribution in [0.5, 0.6) is 0 Å². The van der Waals surface area contributed by atoms with E-state index in [-0.39, 0.29) is 0 Å². The van der Waals surface area contributed by atoms with Crippen molar-refractivity contribution in [2.75, 3.05) is 0 Å². The lowest BCUT2D eigenvalue weighted by Gasteiger charge is -2.24. The van der Waals surface area contributed by atoms with Gasteiger partial charge in [0.15, 0.2) is 0 Å². The van der Waals surface area contributed by atoms with Gasteiger partial charge in [-0.3, -0.25) is 0 Å². The lowest BCUT2D eigenvalue weighted by Crippen LogP contribution is -2.22. The van der Waals surface area contributed by atoms with E-state index in [4.69, 9.17) is 0 Å². The van der Waals surface area contributed by atoms with Crippen molar-refractivity contribution in [3.8, 4) is 0 Å². The van der Waals surface area contributed by atoms with Gasteiger partial charge in [0.2, 0.25) is 0 Å². The summed E-state index contributed by atoms with van der Waals surface area (Å²) in [5.41, 5.74) is 2.62. The molecule has 0 N–H and O–H groups in total. The minimum absolute atomic E-state index is 1.02. The average molecular weight is 379 g/mol. The zero-order valence-electron chi connectivity index (χ0n) is 15.9. The molecular formula is C27H24P+. The Morgan fingerprint density at radius 2 is 0.929 bits per heavy atom. The number of benzene rings is 4. The van der Waals surface area contributed by atoms with Gasteiger partial charge in [0, 0.05) is 0 Å². The molecule has 0 spiro atoms. The third-order valence-corrected chi connectivity index (χ3v) is 8.99. The van der Waals surface area contributed by atoms with Gasteiger partial charge < -0.3 is 0 Å². The minimum atomic E-state index is -1.77. The summed E-state index contributed by atoms with van der Waals surface area (Å²) in [5.74, 6) is 2.49. The van der Waals surface area contributed by atoms with Crippen LogP contribution in [0.1, 0.15) is 11.1 Å². The molecule has 4 aromatic carbocycles. The van der Waals surface area contributed by atoms with Gasteiger partial charge in [-0.25, -0.2) is 0 Å². The van der Waals surface area contributed by atoms with Crippen LogP contribution in [-0.4, -0.2) is 0 Å². The van der Waals surface area contributed by atoms with E-state index >= 15 is 0 Å². The Bertz CT molecular complexity index is 967. The van der Waals surface area contributed by atoms with Crippen LogP contribution in [0.3, 0.4) is 0 Å². The maximum absolute atomic E-state index is 2.49. The molecule has 0 atom stereocenters. The van der Waals surface area contributed by atoms with Gasteiger partial charge in [0.1, 0.15) is 17.9 Å². The molecule has 0 heterocycles. The van der Waals surface area contributed by atoms with Gasteiger partial charge >= 0.3 is 0 Å². The van der Waals surface area contributed by atoms with Gasteiger partial charge in [0.05, 0.1) is 12.0 Å². The Morgan fingerprint density at radius 3 is 1.43 bits per heavy atom. The summed E-state index contributed by atoms with van der Waals surface area (Å²) in [6.45, 7) is 0. The van der Waals surface area contributed by atoms with Gasteiger partial charge in [-0.1, -0.05) is 97.1 Å². The third kappa shape index (κ3) is 4.14. The average Bonchev–Trinajstić information content (AvgIpc) is 2.79. The van der Waals surface area contributed by atoms with Crippen LogP contribution in [0.4, 0.5) is 0 Å². The molecule has 0 fully saturated rings. The molecule has 0 bridgehead atoms. The minimum Gasteiger partial charge on any atom is -0.0622 e. The molecule has 0 nitrogen and oxygen atoms in total. The first-order chi connectivity index (χ1) is 13.9. The highest BCUT2D eigenvalue weighted by atomic mass is 31.2. The molecule has 1 heteroatoms. The first-order valence-corrected chi connectivity index (χ1v) is 11.7. The topological polar surface area (TPSA) is 0 Å². The van der Waals surface area contributed by atoms with Crippen molar-refractivity contribution in [1.82, 2.24) is 0 Å². The Morgan fingerprint density at radius 1 is 0.500 bits per heavy atom. The second kappa shape index (κ2) is 8.83. The summed E-state index contributed by atoms with van der Waals surface area (Å²) < 4.78 is 0. The van der Waals surface area contributed by atoms with Crippen molar-refractivity contribution in [2.24, 2.45) is 0 Å². The zero-order valence-corrected chi connectivity index (χ0v) is 16.8. The maximum atomic E-state index is 2.49. The lowest BCUT2D eigenvalue weighted by atomic mass is 10.2. The Labute approximate surface area is 168 Å². The van der Waals surface area contributed by atoms with Crippen LogP contribution < -0.4 is 10.6 Å². The molecule has 28 heavy (non-hydrogen) atoms. The van der Waals surface area contributed by atoms with Crippen LogP contribution in [-0.2, 0) is 6.16 Å². The van der Waals surface area contributed by atoms with E-state index in [1.54, 1.807) is 0 Å². The number of rotatable bonds is 6. The van der Waals surface area contributed by atoms with Crippen LogP contribution in [0.2, 0.25) is 0 Å². The highest BCUT2D eigenvalue weighted by Gasteiger charge is 2.40. The first kappa shape index (κ1) is 18.4. The van der Waals surface area contributed by atoms with Crippen molar-refractivity contribution < 1.29 is 0 Å². The Hall–Kier alpha value is -2.95. The molecule has 0 aliphatic rings. The van der Waals surface area contributed by atoms with Gasteiger partial charge in [-0.15, -0.1) is 0 Å². The first-order valence-electron chi connectivity index (χ1n) is 9.64. The van der Waals surface area contributed by atoms with Crippen LogP contribution in [0.15, 0.2) is 127 Å². The molecule has 0 radical (unpaired) electrons. The van der Waals surface area contributed by atoms with Crippen molar-refractivity contribution in [1.29, 1.82) is 0 Å². The standard InChI is InChI=1S/C27H24P/c1-5-13-24(14-6-1)21-22-28(26-17-9-3-10-18-26,27-19-11-4-12-20-27)23-25-15-7-2-8-16-25/h1-22H,23H2/q+1. The molecule has 0 saturated carbocycles. The molecule has 0 saturated heterocycles. The van der Waals surface area contributed by atoms with Gasteiger partial charge in [0.25, 0.3) is 0 Å². The number of hydrogen-bond acceptors (Lipinski definition) is 0. The monoisotopic (exact) mass is 379 g/mol. The van der Waals surface area contributed by atoms with E-state index in [0.29, 0.717) is 0 Å². The molecule has 4 aromatic rings. The smallest absolute Gasteiger partial charge is 0.0622 e. The second-order valence-corrected chi connectivity index (χ2v) is 10.3. The Balaban J connectivity index is 1.90. The van der Waals surface area contributed by atoms with E-state index < -0.39 is 7.26 Å². The lowest BCUT2D eigenvalue weighted by molar-refractivity contribution is 1.39. The number of hydrogen-bond donors (Lipinski definition) is 0. The summed E-state index contributed by atoms with van der Waals surface area (Å²) in [6, 6.07) is 43.5. The largest absolute Gasteiger partial charge is 0.109 e. The third-order valence-electron chi connectivity index (χ3n) is 5.03. The predicted molar refractivity (Wildman–Crippen MR) is 125 cm³/mol. The van der Waals surface area contributed by atoms with E-state index in [9.17, 15) is 0 Å². The summed E-state index contributed by atoms with van der Waals surface area (Å²) >= 11 is 0. The molecule has 0 aliphatic heterocycles. The molecule has 4 rings (SSSR count). The Kier molecular flexibility index (Phi) is 5.80. The fraction of sp³-hybridized carbons (Fsp3) is 0.0370. The van der Waals surface area contributed by atoms with E-state index in [2.05, 4.69) is 133 Å². The summed E-state index contributed by atoms with van der Waals surface area (Å²) in [5, 5.41) is 2.83. The van der Waals surface area contributed by atoms with Crippen molar-refractivity contribution in [3.63, 3.8) is 0 Å². The van der Waals surface area contributed by atoms with Gasteiger partial charge in [-0.05, 0) is 41.5 Å². The fourth-order valence-electron chi connectivity index (χ4n) is 3.59. The maximum Gasteiger partial charge on any atom is 0.109 e. The molecule has 0 amide bonds. The van der Waals surface area contributed by atoms with E-state index in [0.717, 1.165) is 6.16 Å². The molecule has 0 aromatic heterocycles. The van der Waals surface area contributed by atoms with E-state index in [1.165, 1.54) is 21.7 Å². The van der Waals surface area contributed by atoms with Crippen molar-refractivity contribution in [3.05, 3.63) is 138 Å². The highest BCUT2D eigenvalue weighted by molar-refractivity contribution is 7.91. The van der Waals surface area contributed by atoms with E-state index in [1.807, 2.05) is 0 Å². The molecule has 0 aliphatic carbocycles.